The number of hydrogen-bond donors (Lipinski definition) is 0. The zero-order valence-corrected chi connectivity index (χ0v) is 22.2. The van der Waals surface area contributed by atoms with Gasteiger partial charge in [-0.2, -0.15) is 21.6 Å². The lowest BCUT2D eigenvalue weighted by Crippen LogP contribution is -2.52. The molecule has 1 aliphatic heterocycles. The highest BCUT2D eigenvalue weighted by Gasteiger charge is 2.51. The van der Waals surface area contributed by atoms with Crippen molar-refractivity contribution in [3.63, 3.8) is 0 Å². The molecule has 0 saturated heterocycles. The summed E-state index contributed by atoms with van der Waals surface area (Å²) in [6.45, 7) is 4.19. The van der Waals surface area contributed by atoms with E-state index < -0.39 is 63.7 Å². The Hall–Kier alpha value is -2.90. The zero-order chi connectivity index (χ0) is 28.5. The van der Waals surface area contributed by atoms with Crippen LogP contribution in [0.2, 0.25) is 13.1 Å². The van der Waals surface area contributed by atoms with Gasteiger partial charge in [0.1, 0.15) is 8.07 Å². The SMILES string of the molecule is Cc1cc(CCl)ccc1C1=C2C=C(F)C(=O)C(F)=C2[Si](C)(C)c2c1cc(F)c(OS(=O)(=O)C(F)(F)F)c2F. The van der Waals surface area contributed by atoms with Gasteiger partial charge in [-0.1, -0.05) is 31.3 Å². The first-order valence-electron chi connectivity index (χ1n) is 10.7. The van der Waals surface area contributed by atoms with Crippen molar-refractivity contribution in [1.82, 2.24) is 0 Å². The monoisotopic (exact) mass is 596 g/mol. The molecule has 14 heteroatoms. The van der Waals surface area contributed by atoms with Crippen LogP contribution in [0.1, 0.15) is 22.3 Å². The van der Waals surface area contributed by atoms with E-state index in [2.05, 4.69) is 4.18 Å². The third kappa shape index (κ3) is 4.20. The Balaban J connectivity index is 2.16. The van der Waals surface area contributed by atoms with Gasteiger partial charge in [0.2, 0.25) is 11.5 Å². The van der Waals surface area contributed by atoms with E-state index in [0.717, 1.165) is 6.08 Å². The second kappa shape index (κ2) is 9.09. The Bertz CT molecular complexity index is 1620. The van der Waals surface area contributed by atoms with Crippen molar-refractivity contribution in [3.8, 4) is 5.75 Å². The van der Waals surface area contributed by atoms with Gasteiger partial charge in [-0.15, -0.1) is 11.6 Å². The van der Waals surface area contributed by atoms with Crippen LogP contribution in [0, 0.1) is 18.6 Å². The van der Waals surface area contributed by atoms with Crippen LogP contribution in [0.3, 0.4) is 0 Å². The number of alkyl halides is 4. The van der Waals surface area contributed by atoms with Gasteiger partial charge in [0.15, 0.2) is 23.3 Å². The Labute approximate surface area is 218 Å². The molecule has 0 amide bonds. The minimum atomic E-state index is -6.48. The topological polar surface area (TPSA) is 60.4 Å². The minimum Gasteiger partial charge on any atom is -0.370 e. The highest BCUT2D eigenvalue weighted by atomic mass is 35.5. The third-order valence-electron chi connectivity index (χ3n) is 6.33. The minimum absolute atomic E-state index is 0.101. The lowest BCUT2D eigenvalue weighted by atomic mass is 9.86. The molecule has 0 fully saturated rings. The van der Waals surface area contributed by atoms with Gasteiger partial charge in [0, 0.05) is 5.88 Å². The molecule has 2 aliphatic rings. The summed E-state index contributed by atoms with van der Waals surface area (Å²) >= 11 is 5.86. The van der Waals surface area contributed by atoms with Crippen molar-refractivity contribution in [2.75, 3.05) is 0 Å². The highest BCUT2D eigenvalue weighted by molar-refractivity contribution is 7.88. The smallest absolute Gasteiger partial charge is 0.370 e. The molecule has 1 heterocycles. The predicted molar refractivity (Wildman–Crippen MR) is 128 cm³/mol. The van der Waals surface area contributed by atoms with Crippen LogP contribution in [0.4, 0.5) is 30.7 Å². The summed E-state index contributed by atoms with van der Waals surface area (Å²) in [5.74, 6) is -9.97. The van der Waals surface area contributed by atoms with Crippen molar-refractivity contribution in [2.45, 2.75) is 31.4 Å². The van der Waals surface area contributed by atoms with E-state index in [1.54, 1.807) is 19.1 Å². The van der Waals surface area contributed by atoms with Crippen molar-refractivity contribution >= 4 is 46.3 Å². The molecule has 1 aliphatic carbocycles. The molecule has 202 valence electrons. The van der Waals surface area contributed by atoms with Gasteiger partial charge in [-0.25, -0.2) is 17.6 Å². The summed E-state index contributed by atoms with van der Waals surface area (Å²) in [5, 5.41) is -0.915. The van der Waals surface area contributed by atoms with Crippen molar-refractivity contribution in [2.24, 2.45) is 0 Å². The van der Waals surface area contributed by atoms with E-state index >= 15 is 13.2 Å². The van der Waals surface area contributed by atoms with Gasteiger partial charge < -0.3 is 4.18 Å². The fraction of sp³-hybridized carbons (Fsp3) is 0.208. The molecule has 0 spiro atoms. The highest BCUT2D eigenvalue weighted by Crippen LogP contribution is 2.47. The van der Waals surface area contributed by atoms with Gasteiger partial charge in [-0.3, -0.25) is 4.79 Å². The molecule has 0 N–H and O–H groups in total. The van der Waals surface area contributed by atoms with E-state index in [1.165, 1.54) is 19.2 Å². The molecule has 2 aromatic rings. The molecule has 0 unspecified atom stereocenters. The van der Waals surface area contributed by atoms with Crippen LogP contribution < -0.4 is 9.37 Å². The predicted octanol–water partition coefficient (Wildman–Crippen LogP) is 6.17. The first-order chi connectivity index (χ1) is 17.4. The summed E-state index contributed by atoms with van der Waals surface area (Å²) in [7, 11) is -10.3. The molecule has 4 nitrogen and oxygen atoms in total. The summed E-state index contributed by atoms with van der Waals surface area (Å²) in [4.78, 5) is 12.2. The molecular weight excluding hydrogens is 581 g/mol. The number of carbonyl (C=O) groups excluding carboxylic acids is 1. The number of rotatable bonds is 4. The van der Waals surface area contributed by atoms with Gasteiger partial charge in [0.25, 0.3) is 0 Å². The molecule has 0 aromatic heterocycles. The fourth-order valence-corrected chi connectivity index (χ4v) is 8.65. The largest absolute Gasteiger partial charge is 0.534 e. The first kappa shape index (κ1) is 28.1. The lowest BCUT2D eigenvalue weighted by Gasteiger charge is -2.38. The summed E-state index contributed by atoms with van der Waals surface area (Å²) in [6.07, 6.45) is 0.747. The number of hydrogen-bond acceptors (Lipinski definition) is 4. The Kier molecular flexibility index (Phi) is 6.73. The van der Waals surface area contributed by atoms with Crippen LogP contribution >= 0.6 is 11.6 Å². The maximum Gasteiger partial charge on any atom is 0.534 e. The number of benzene rings is 2. The second-order valence-electron chi connectivity index (χ2n) is 9.11. The standard InChI is InChI=1S/C24H16ClF7O4SSi/c1-10-6-11(9-25)4-5-12(10)17-13-7-15(26)20(33)18(28)22(13)38(2,3)23-14(17)8-16(27)21(19(23)29)36-37(34,35)24(30,31)32/h4-8H,9H2,1-3H3. The Morgan fingerprint density at radius 2 is 1.66 bits per heavy atom. The number of carbonyl (C=O) groups is 1. The molecule has 38 heavy (non-hydrogen) atoms. The van der Waals surface area contributed by atoms with Gasteiger partial charge in [-0.05, 0) is 62.8 Å². The molecule has 0 saturated carbocycles. The molecule has 0 radical (unpaired) electrons. The Morgan fingerprint density at radius 3 is 2.21 bits per heavy atom. The third-order valence-corrected chi connectivity index (χ3v) is 11.1. The number of halogens is 8. The lowest BCUT2D eigenvalue weighted by molar-refractivity contribution is -0.115. The van der Waals surface area contributed by atoms with Crippen molar-refractivity contribution in [1.29, 1.82) is 0 Å². The molecule has 2 aromatic carbocycles. The van der Waals surface area contributed by atoms with Crippen molar-refractivity contribution < 1.29 is 48.1 Å². The number of Topliss-reactive ketones (excluding diaryl/α,β-unsaturated/α-hetero) is 1. The van der Waals surface area contributed by atoms with E-state index in [-0.39, 0.29) is 33.3 Å². The first-order valence-corrected chi connectivity index (χ1v) is 15.6. The normalized spacial score (nSPS) is 17.3. The Morgan fingerprint density at radius 1 is 1.03 bits per heavy atom. The van der Waals surface area contributed by atoms with Crippen LogP contribution in [0.25, 0.3) is 5.57 Å². The van der Waals surface area contributed by atoms with Crippen LogP contribution in [0.15, 0.2) is 52.8 Å². The summed E-state index contributed by atoms with van der Waals surface area (Å²) in [6, 6.07) is 5.20. The van der Waals surface area contributed by atoms with E-state index in [4.69, 9.17) is 11.6 Å². The number of aryl methyl sites for hydroxylation is 1. The zero-order valence-electron chi connectivity index (χ0n) is 19.7. The number of fused-ring (bicyclic) bond motifs is 2. The van der Waals surface area contributed by atoms with Crippen LogP contribution in [0.5, 0.6) is 5.75 Å². The molecule has 0 bridgehead atoms. The number of ketones is 1. The maximum atomic E-state index is 15.9. The average molecular weight is 597 g/mol. The average Bonchev–Trinajstić information content (AvgIpc) is 2.79. The molecular formula is C24H16ClF7O4SSi. The van der Waals surface area contributed by atoms with Gasteiger partial charge in [0.05, 0.1) is 0 Å². The van der Waals surface area contributed by atoms with Crippen LogP contribution in [-0.2, 0) is 20.8 Å². The fourth-order valence-electron chi connectivity index (χ4n) is 4.70. The molecule has 0 atom stereocenters. The van der Waals surface area contributed by atoms with E-state index in [0.29, 0.717) is 17.2 Å². The maximum absolute atomic E-state index is 15.9. The summed E-state index contributed by atoms with van der Waals surface area (Å²) in [5.41, 5.74) is -5.21. The van der Waals surface area contributed by atoms with E-state index in [1.807, 2.05) is 0 Å². The molecule has 4 rings (SSSR count). The van der Waals surface area contributed by atoms with Crippen molar-refractivity contribution in [3.05, 3.63) is 86.7 Å². The van der Waals surface area contributed by atoms with Gasteiger partial charge >= 0.3 is 15.6 Å². The summed E-state index contributed by atoms with van der Waals surface area (Å²) < 4.78 is 127. The number of allylic oxidation sites excluding steroid dienone is 5. The second-order valence-corrected chi connectivity index (χ2v) is 15.2. The van der Waals surface area contributed by atoms with Crippen LogP contribution in [-0.4, -0.2) is 27.8 Å². The van der Waals surface area contributed by atoms with E-state index in [9.17, 15) is 30.8 Å². The quantitative estimate of drug-likeness (QED) is 0.139.